The molecule has 0 aliphatic heterocycles. The van der Waals surface area contributed by atoms with Crippen molar-refractivity contribution in [2.45, 2.75) is 20.3 Å². The Morgan fingerprint density at radius 3 is 2.48 bits per heavy atom. The quantitative estimate of drug-likeness (QED) is 0.881. The number of nitrogen functional groups attached to an aromatic ring is 1. The van der Waals surface area contributed by atoms with E-state index in [-0.39, 0.29) is 17.8 Å². The van der Waals surface area contributed by atoms with Crippen molar-refractivity contribution in [3.63, 3.8) is 0 Å². The van der Waals surface area contributed by atoms with Gasteiger partial charge in [-0.15, -0.1) is 0 Å². The first-order valence-corrected chi connectivity index (χ1v) is 6.81. The van der Waals surface area contributed by atoms with Crippen LogP contribution in [0.4, 0.5) is 22.0 Å². The summed E-state index contributed by atoms with van der Waals surface area (Å²) in [6, 6.07) is 6.28. The molecule has 1 heterocycles. The maximum Gasteiger partial charge on any atom is 0.323 e. The van der Waals surface area contributed by atoms with Crippen LogP contribution in [0, 0.1) is 5.82 Å². The van der Waals surface area contributed by atoms with E-state index >= 15 is 0 Å². The Kier molecular flexibility index (Phi) is 4.86. The Bertz CT molecular complexity index is 590. The Balaban J connectivity index is 2.32. The summed E-state index contributed by atoms with van der Waals surface area (Å²) >= 11 is 0. The smallest absolute Gasteiger partial charge is 0.323 e. The summed E-state index contributed by atoms with van der Waals surface area (Å²) in [6.07, 6.45) is 0.844. The number of ether oxygens (including phenoxy) is 1. The van der Waals surface area contributed by atoms with E-state index in [2.05, 4.69) is 15.0 Å². The Hall–Kier alpha value is -2.44. The minimum absolute atomic E-state index is 0.0895. The van der Waals surface area contributed by atoms with Crippen molar-refractivity contribution in [1.29, 1.82) is 0 Å². The number of aromatic nitrogens is 3. The van der Waals surface area contributed by atoms with Crippen molar-refractivity contribution in [3.8, 4) is 6.01 Å². The number of nitrogens with two attached hydrogens (primary N) is 1. The summed E-state index contributed by atoms with van der Waals surface area (Å²) < 4.78 is 18.4. The van der Waals surface area contributed by atoms with E-state index in [1.54, 1.807) is 17.0 Å². The molecular weight excluding hydrogens is 273 g/mol. The fourth-order valence-electron chi connectivity index (χ4n) is 1.80. The van der Waals surface area contributed by atoms with Crippen molar-refractivity contribution in [3.05, 3.63) is 30.1 Å². The Morgan fingerprint density at radius 1 is 1.14 bits per heavy atom. The third kappa shape index (κ3) is 3.77. The van der Waals surface area contributed by atoms with Crippen LogP contribution < -0.4 is 15.4 Å². The van der Waals surface area contributed by atoms with Gasteiger partial charge in [0.15, 0.2) is 0 Å². The van der Waals surface area contributed by atoms with Crippen molar-refractivity contribution in [2.75, 3.05) is 23.8 Å². The van der Waals surface area contributed by atoms with E-state index in [1.165, 1.54) is 12.1 Å². The normalized spacial score (nSPS) is 10.4. The SMILES string of the molecule is CCCOc1nc(N)nc(N(CC)c2ccc(F)cc2)n1. The lowest BCUT2D eigenvalue weighted by Gasteiger charge is -2.21. The summed E-state index contributed by atoms with van der Waals surface area (Å²) in [7, 11) is 0. The second-order valence-corrected chi connectivity index (χ2v) is 4.35. The van der Waals surface area contributed by atoms with Crippen LogP contribution in [0.5, 0.6) is 6.01 Å². The van der Waals surface area contributed by atoms with Gasteiger partial charge >= 0.3 is 6.01 Å². The molecule has 0 saturated carbocycles. The van der Waals surface area contributed by atoms with E-state index in [0.717, 1.165) is 12.1 Å². The maximum absolute atomic E-state index is 13.0. The van der Waals surface area contributed by atoms with Crippen LogP contribution in [0.3, 0.4) is 0 Å². The molecule has 0 fully saturated rings. The number of hydrogen-bond acceptors (Lipinski definition) is 6. The Labute approximate surface area is 122 Å². The molecule has 0 atom stereocenters. The van der Waals surface area contributed by atoms with Crippen molar-refractivity contribution in [1.82, 2.24) is 15.0 Å². The molecule has 0 spiro atoms. The number of benzene rings is 1. The lowest BCUT2D eigenvalue weighted by molar-refractivity contribution is 0.292. The highest BCUT2D eigenvalue weighted by Crippen LogP contribution is 2.23. The van der Waals surface area contributed by atoms with E-state index in [0.29, 0.717) is 19.1 Å². The maximum atomic E-state index is 13.0. The van der Waals surface area contributed by atoms with Gasteiger partial charge < -0.3 is 15.4 Å². The molecule has 0 bridgehead atoms. The number of hydrogen-bond donors (Lipinski definition) is 1. The molecule has 0 aliphatic rings. The lowest BCUT2D eigenvalue weighted by Crippen LogP contribution is -2.20. The largest absolute Gasteiger partial charge is 0.463 e. The number of halogens is 1. The van der Waals surface area contributed by atoms with Crippen LogP contribution in [0.25, 0.3) is 0 Å². The molecule has 2 rings (SSSR count). The third-order valence-corrected chi connectivity index (χ3v) is 2.75. The van der Waals surface area contributed by atoms with Crippen LogP contribution in [-0.2, 0) is 0 Å². The second-order valence-electron chi connectivity index (χ2n) is 4.35. The zero-order chi connectivity index (χ0) is 15.2. The summed E-state index contributed by atoms with van der Waals surface area (Å²) in [5.74, 6) is 0.173. The van der Waals surface area contributed by atoms with E-state index < -0.39 is 0 Å². The van der Waals surface area contributed by atoms with Gasteiger partial charge in [0, 0.05) is 12.2 Å². The Morgan fingerprint density at radius 2 is 1.86 bits per heavy atom. The van der Waals surface area contributed by atoms with Gasteiger partial charge in [0.1, 0.15) is 5.82 Å². The van der Waals surface area contributed by atoms with Crippen molar-refractivity contribution < 1.29 is 9.13 Å². The second kappa shape index (κ2) is 6.83. The first-order valence-electron chi connectivity index (χ1n) is 6.81. The molecule has 1 aromatic carbocycles. The van der Waals surface area contributed by atoms with E-state index in [1.807, 2.05) is 13.8 Å². The summed E-state index contributed by atoms with van der Waals surface area (Å²) in [4.78, 5) is 14.1. The van der Waals surface area contributed by atoms with Crippen molar-refractivity contribution in [2.24, 2.45) is 0 Å². The monoisotopic (exact) mass is 291 g/mol. The average Bonchev–Trinajstić information content (AvgIpc) is 2.47. The molecule has 21 heavy (non-hydrogen) atoms. The van der Waals surface area contributed by atoms with Gasteiger partial charge in [0.2, 0.25) is 11.9 Å². The van der Waals surface area contributed by atoms with E-state index in [9.17, 15) is 4.39 Å². The first-order chi connectivity index (χ1) is 10.1. The third-order valence-electron chi connectivity index (χ3n) is 2.75. The predicted molar refractivity (Wildman–Crippen MR) is 79.1 cm³/mol. The van der Waals surface area contributed by atoms with Gasteiger partial charge in [-0.1, -0.05) is 6.92 Å². The molecule has 6 nitrogen and oxygen atoms in total. The molecule has 0 saturated heterocycles. The molecule has 2 N–H and O–H groups in total. The highest BCUT2D eigenvalue weighted by molar-refractivity contribution is 5.57. The van der Waals surface area contributed by atoms with Crippen LogP contribution in [0.15, 0.2) is 24.3 Å². The molecule has 0 amide bonds. The first kappa shape index (κ1) is 15.0. The van der Waals surface area contributed by atoms with Gasteiger partial charge in [-0.25, -0.2) is 4.39 Å². The number of anilines is 3. The van der Waals surface area contributed by atoms with Crippen LogP contribution in [-0.4, -0.2) is 28.1 Å². The fraction of sp³-hybridized carbons (Fsp3) is 0.357. The lowest BCUT2D eigenvalue weighted by atomic mass is 10.3. The highest BCUT2D eigenvalue weighted by atomic mass is 19.1. The molecule has 0 radical (unpaired) electrons. The minimum atomic E-state index is -0.295. The summed E-state index contributed by atoms with van der Waals surface area (Å²) in [5, 5.41) is 0. The standard InChI is InChI=1S/C14H18FN5O/c1-3-9-21-14-18-12(16)17-13(19-14)20(4-2)11-7-5-10(15)6-8-11/h5-8H,3-4,9H2,1-2H3,(H2,16,17,18,19). The molecule has 7 heteroatoms. The van der Waals surface area contributed by atoms with Gasteiger partial charge in [0.05, 0.1) is 6.61 Å². The van der Waals surface area contributed by atoms with Crippen LogP contribution >= 0.6 is 0 Å². The van der Waals surface area contributed by atoms with E-state index in [4.69, 9.17) is 10.5 Å². The van der Waals surface area contributed by atoms with Crippen LogP contribution in [0.1, 0.15) is 20.3 Å². The van der Waals surface area contributed by atoms with Gasteiger partial charge in [-0.3, -0.25) is 0 Å². The number of rotatable bonds is 6. The summed E-state index contributed by atoms with van der Waals surface area (Å²) in [6.45, 7) is 5.03. The molecule has 112 valence electrons. The molecule has 2 aromatic rings. The van der Waals surface area contributed by atoms with Gasteiger partial charge in [-0.2, -0.15) is 15.0 Å². The zero-order valence-electron chi connectivity index (χ0n) is 12.1. The van der Waals surface area contributed by atoms with Gasteiger partial charge in [0.25, 0.3) is 0 Å². The fourth-order valence-corrected chi connectivity index (χ4v) is 1.80. The molecule has 0 aliphatic carbocycles. The summed E-state index contributed by atoms with van der Waals surface area (Å²) in [5.41, 5.74) is 6.47. The average molecular weight is 291 g/mol. The van der Waals surface area contributed by atoms with Crippen molar-refractivity contribution >= 4 is 17.6 Å². The minimum Gasteiger partial charge on any atom is -0.463 e. The zero-order valence-corrected chi connectivity index (χ0v) is 12.1. The molecular formula is C14H18FN5O. The highest BCUT2D eigenvalue weighted by Gasteiger charge is 2.14. The number of nitrogens with zero attached hydrogens (tertiary/aromatic N) is 4. The van der Waals surface area contributed by atoms with Crippen LogP contribution in [0.2, 0.25) is 0 Å². The topological polar surface area (TPSA) is 77.2 Å². The predicted octanol–water partition coefficient (Wildman–Crippen LogP) is 2.54. The molecule has 1 aromatic heterocycles. The molecule has 0 unspecified atom stereocenters. The van der Waals surface area contributed by atoms with Gasteiger partial charge in [-0.05, 0) is 37.6 Å².